The zero-order valence-corrected chi connectivity index (χ0v) is 14.0. The maximum atomic E-state index is 12.4. The summed E-state index contributed by atoms with van der Waals surface area (Å²) in [5.74, 6) is 0.767. The molecule has 2 aromatic rings. The summed E-state index contributed by atoms with van der Waals surface area (Å²) in [7, 11) is 0. The summed E-state index contributed by atoms with van der Waals surface area (Å²) in [6.45, 7) is 2.34. The monoisotopic (exact) mass is 336 g/mol. The predicted octanol–water partition coefficient (Wildman–Crippen LogP) is 3.11. The van der Waals surface area contributed by atoms with Gasteiger partial charge in [-0.25, -0.2) is 0 Å². The Morgan fingerprint density at radius 1 is 0.960 bits per heavy atom. The van der Waals surface area contributed by atoms with Crippen molar-refractivity contribution in [3.8, 4) is 5.75 Å². The molecule has 0 unspecified atom stereocenters. The van der Waals surface area contributed by atoms with E-state index in [1.807, 2.05) is 17.0 Å². The van der Waals surface area contributed by atoms with E-state index in [-0.39, 0.29) is 11.8 Å². The van der Waals surface area contributed by atoms with Crippen molar-refractivity contribution in [2.75, 3.05) is 25.0 Å². The van der Waals surface area contributed by atoms with Gasteiger partial charge in [-0.15, -0.1) is 0 Å². The van der Waals surface area contributed by atoms with Crippen molar-refractivity contribution in [1.29, 1.82) is 0 Å². The average molecular weight is 336 g/mol. The summed E-state index contributed by atoms with van der Waals surface area (Å²) in [5, 5.41) is 2.88. The molecule has 1 N–H and O–H groups in total. The molecule has 0 spiro atoms. The Kier molecular flexibility index (Phi) is 4.14. The van der Waals surface area contributed by atoms with Gasteiger partial charge < -0.3 is 15.0 Å². The lowest BCUT2D eigenvalue weighted by Crippen LogP contribution is -2.27. The van der Waals surface area contributed by atoms with Crippen LogP contribution >= 0.6 is 0 Å². The summed E-state index contributed by atoms with van der Waals surface area (Å²) >= 11 is 0. The maximum absolute atomic E-state index is 12.4. The van der Waals surface area contributed by atoms with E-state index in [0.29, 0.717) is 23.4 Å². The molecule has 25 heavy (non-hydrogen) atoms. The van der Waals surface area contributed by atoms with Crippen LogP contribution in [0.15, 0.2) is 42.5 Å². The summed E-state index contributed by atoms with van der Waals surface area (Å²) in [6.07, 6.45) is 2.99. The fourth-order valence-corrected chi connectivity index (χ4v) is 3.33. The normalized spacial score (nSPS) is 15.6. The van der Waals surface area contributed by atoms with E-state index in [2.05, 4.69) is 5.32 Å². The van der Waals surface area contributed by atoms with Crippen LogP contribution in [0.5, 0.6) is 5.75 Å². The number of benzene rings is 2. The third-order valence-electron chi connectivity index (χ3n) is 4.73. The van der Waals surface area contributed by atoms with E-state index in [9.17, 15) is 9.59 Å². The first kappa shape index (κ1) is 15.7. The lowest BCUT2D eigenvalue weighted by Gasteiger charge is -2.15. The minimum absolute atomic E-state index is 0.0639. The minimum Gasteiger partial charge on any atom is -0.493 e. The number of anilines is 1. The highest BCUT2D eigenvalue weighted by Crippen LogP contribution is 2.26. The number of rotatable bonds is 3. The van der Waals surface area contributed by atoms with Crippen LogP contribution < -0.4 is 10.1 Å². The largest absolute Gasteiger partial charge is 0.493 e. The van der Waals surface area contributed by atoms with E-state index >= 15 is 0 Å². The van der Waals surface area contributed by atoms with Crippen molar-refractivity contribution in [1.82, 2.24) is 4.90 Å². The number of ether oxygens (including phenoxy) is 1. The summed E-state index contributed by atoms with van der Waals surface area (Å²) in [5.41, 5.74) is 3.02. The van der Waals surface area contributed by atoms with Crippen LogP contribution in [0.2, 0.25) is 0 Å². The molecule has 2 heterocycles. The number of carbonyl (C=O) groups is 2. The van der Waals surface area contributed by atoms with Gasteiger partial charge in [0.2, 0.25) is 0 Å². The molecule has 4 rings (SSSR count). The number of fused-ring (bicyclic) bond motifs is 1. The van der Waals surface area contributed by atoms with Gasteiger partial charge in [-0.2, -0.15) is 0 Å². The molecule has 1 saturated heterocycles. The zero-order valence-electron chi connectivity index (χ0n) is 14.0. The van der Waals surface area contributed by atoms with Gasteiger partial charge in [0, 0.05) is 36.3 Å². The van der Waals surface area contributed by atoms with Crippen LogP contribution in [-0.4, -0.2) is 36.4 Å². The number of carbonyl (C=O) groups excluding carboxylic acids is 2. The van der Waals surface area contributed by atoms with Gasteiger partial charge in [0.25, 0.3) is 11.8 Å². The molecular formula is C20H20N2O3. The highest BCUT2D eigenvalue weighted by Gasteiger charge is 2.19. The first-order chi connectivity index (χ1) is 12.2. The van der Waals surface area contributed by atoms with Gasteiger partial charge in [-0.3, -0.25) is 9.59 Å². The van der Waals surface area contributed by atoms with Crippen LogP contribution in [0.3, 0.4) is 0 Å². The molecule has 0 radical (unpaired) electrons. The fraction of sp³-hybridized carbons (Fsp3) is 0.300. The topological polar surface area (TPSA) is 58.6 Å². The molecule has 0 saturated carbocycles. The first-order valence-corrected chi connectivity index (χ1v) is 8.67. The Hall–Kier alpha value is -2.82. The molecule has 2 amide bonds. The van der Waals surface area contributed by atoms with Crippen LogP contribution in [-0.2, 0) is 6.42 Å². The molecule has 0 bridgehead atoms. The number of likely N-dealkylation sites (tertiary alicyclic amines) is 1. The number of hydrogen-bond acceptors (Lipinski definition) is 3. The second-order valence-electron chi connectivity index (χ2n) is 6.45. The number of nitrogens with one attached hydrogen (secondary N) is 1. The maximum Gasteiger partial charge on any atom is 0.255 e. The predicted molar refractivity (Wildman–Crippen MR) is 95.2 cm³/mol. The number of nitrogens with zero attached hydrogens (tertiary/aromatic N) is 1. The van der Waals surface area contributed by atoms with E-state index in [1.54, 1.807) is 30.3 Å². The second kappa shape index (κ2) is 6.59. The molecule has 5 nitrogen and oxygen atoms in total. The molecular weight excluding hydrogens is 316 g/mol. The van der Waals surface area contributed by atoms with Gasteiger partial charge in [0.1, 0.15) is 5.75 Å². The summed E-state index contributed by atoms with van der Waals surface area (Å²) in [6, 6.07) is 12.6. The zero-order chi connectivity index (χ0) is 17.2. The van der Waals surface area contributed by atoms with E-state index in [1.165, 1.54) is 0 Å². The van der Waals surface area contributed by atoms with Crippen molar-refractivity contribution in [2.24, 2.45) is 0 Å². The molecule has 5 heteroatoms. The van der Waals surface area contributed by atoms with Crippen LogP contribution in [0.1, 0.15) is 39.1 Å². The van der Waals surface area contributed by atoms with Gasteiger partial charge in [0.15, 0.2) is 0 Å². The Morgan fingerprint density at radius 3 is 2.44 bits per heavy atom. The standard InChI is InChI=1S/C20H20N2O3/c23-19(16-5-8-18-15(13-16)9-12-25-18)21-17-6-3-14(4-7-17)20(24)22-10-1-2-11-22/h3-8,13H,1-2,9-12H2,(H,21,23). The Labute approximate surface area is 146 Å². The summed E-state index contributed by atoms with van der Waals surface area (Å²) in [4.78, 5) is 26.6. The quantitative estimate of drug-likeness (QED) is 0.937. The third kappa shape index (κ3) is 3.22. The number of amides is 2. The van der Waals surface area contributed by atoms with Crippen LogP contribution in [0.4, 0.5) is 5.69 Å². The van der Waals surface area contributed by atoms with Crippen LogP contribution in [0.25, 0.3) is 0 Å². The fourth-order valence-electron chi connectivity index (χ4n) is 3.33. The van der Waals surface area contributed by atoms with Gasteiger partial charge >= 0.3 is 0 Å². The molecule has 1 fully saturated rings. The second-order valence-corrected chi connectivity index (χ2v) is 6.45. The Balaban J connectivity index is 1.44. The SMILES string of the molecule is O=C(Nc1ccc(C(=O)N2CCCC2)cc1)c1ccc2c(c1)CCO2. The third-order valence-corrected chi connectivity index (χ3v) is 4.73. The smallest absolute Gasteiger partial charge is 0.255 e. The number of hydrogen-bond donors (Lipinski definition) is 1. The van der Waals surface area contributed by atoms with Crippen molar-refractivity contribution < 1.29 is 14.3 Å². The Morgan fingerprint density at radius 2 is 1.68 bits per heavy atom. The van der Waals surface area contributed by atoms with Crippen molar-refractivity contribution in [3.05, 3.63) is 59.2 Å². The highest BCUT2D eigenvalue weighted by atomic mass is 16.5. The van der Waals surface area contributed by atoms with Crippen molar-refractivity contribution in [3.63, 3.8) is 0 Å². The van der Waals surface area contributed by atoms with Crippen molar-refractivity contribution >= 4 is 17.5 Å². The van der Waals surface area contributed by atoms with Gasteiger partial charge in [-0.1, -0.05) is 0 Å². The van der Waals surface area contributed by atoms with E-state index < -0.39 is 0 Å². The average Bonchev–Trinajstić information content (AvgIpc) is 3.32. The van der Waals surface area contributed by atoms with Gasteiger partial charge in [-0.05, 0) is 60.9 Å². The molecule has 0 atom stereocenters. The van der Waals surface area contributed by atoms with E-state index in [0.717, 1.165) is 43.7 Å². The van der Waals surface area contributed by atoms with Gasteiger partial charge in [0.05, 0.1) is 6.61 Å². The molecule has 2 aromatic carbocycles. The lowest BCUT2D eigenvalue weighted by atomic mass is 10.1. The molecule has 2 aliphatic rings. The molecule has 2 aliphatic heterocycles. The molecule has 0 aliphatic carbocycles. The summed E-state index contributed by atoms with van der Waals surface area (Å²) < 4.78 is 5.46. The molecule has 128 valence electrons. The highest BCUT2D eigenvalue weighted by molar-refractivity contribution is 6.04. The minimum atomic E-state index is -0.159. The molecule has 0 aromatic heterocycles. The van der Waals surface area contributed by atoms with Crippen molar-refractivity contribution in [2.45, 2.75) is 19.3 Å². The lowest BCUT2D eigenvalue weighted by molar-refractivity contribution is 0.0792. The Bertz CT molecular complexity index is 808. The first-order valence-electron chi connectivity index (χ1n) is 8.67. The van der Waals surface area contributed by atoms with Crippen LogP contribution in [0, 0.1) is 0 Å². The van der Waals surface area contributed by atoms with E-state index in [4.69, 9.17) is 4.74 Å².